The van der Waals surface area contributed by atoms with Crippen molar-refractivity contribution in [2.75, 3.05) is 6.54 Å². The maximum absolute atomic E-state index is 13.8. The summed E-state index contributed by atoms with van der Waals surface area (Å²) in [5.41, 5.74) is 0.891. The molecule has 1 aliphatic carbocycles. The van der Waals surface area contributed by atoms with Gasteiger partial charge >= 0.3 is 0 Å². The van der Waals surface area contributed by atoms with Crippen molar-refractivity contribution in [3.05, 3.63) is 35.6 Å². The lowest BCUT2D eigenvalue weighted by Crippen LogP contribution is -2.55. The van der Waals surface area contributed by atoms with Gasteiger partial charge in [-0.2, -0.15) is 0 Å². The third-order valence-electron chi connectivity index (χ3n) is 4.16. The SMILES string of the molecule is CCCNC1C(C)C(c2ccccc2F)C1C. The fourth-order valence-corrected chi connectivity index (χ4v) is 3.25. The van der Waals surface area contributed by atoms with Crippen molar-refractivity contribution in [3.63, 3.8) is 0 Å². The third kappa shape index (κ3) is 2.23. The summed E-state index contributed by atoms with van der Waals surface area (Å²) in [5.74, 6) is 1.36. The van der Waals surface area contributed by atoms with Gasteiger partial charge in [-0.05, 0) is 42.3 Å². The van der Waals surface area contributed by atoms with E-state index >= 15 is 0 Å². The molecule has 1 nitrogen and oxygen atoms in total. The lowest BCUT2D eigenvalue weighted by molar-refractivity contribution is 0.0942. The van der Waals surface area contributed by atoms with Gasteiger partial charge in [0, 0.05) is 6.04 Å². The molecule has 0 heterocycles. The van der Waals surface area contributed by atoms with Crippen molar-refractivity contribution in [2.45, 2.75) is 39.2 Å². The summed E-state index contributed by atoms with van der Waals surface area (Å²) in [5, 5.41) is 3.57. The Balaban J connectivity index is 2.08. The second-order valence-corrected chi connectivity index (χ2v) is 5.25. The minimum atomic E-state index is -0.0508. The minimum absolute atomic E-state index is 0.0508. The summed E-state index contributed by atoms with van der Waals surface area (Å²) in [6, 6.07) is 7.74. The van der Waals surface area contributed by atoms with Crippen molar-refractivity contribution < 1.29 is 4.39 Å². The van der Waals surface area contributed by atoms with Crippen LogP contribution in [0.4, 0.5) is 4.39 Å². The Labute approximate surface area is 103 Å². The van der Waals surface area contributed by atoms with Crippen LogP contribution in [0.2, 0.25) is 0 Å². The number of hydrogen-bond acceptors (Lipinski definition) is 1. The highest BCUT2D eigenvalue weighted by molar-refractivity contribution is 5.27. The molecule has 1 aromatic carbocycles. The number of rotatable bonds is 4. The molecule has 0 saturated heterocycles. The molecule has 1 fully saturated rings. The first-order chi connectivity index (χ1) is 8.16. The van der Waals surface area contributed by atoms with Crippen LogP contribution in [-0.4, -0.2) is 12.6 Å². The summed E-state index contributed by atoms with van der Waals surface area (Å²) >= 11 is 0. The van der Waals surface area contributed by atoms with Gasteiger partial charge in [-0.15, -0.1) is 0 Å². The molecule has 94 valence electrons. The zero-order valence-electron chi connectivity index (χ0n) is 10.9. The molecule has 2 rings (SSSR count). The van der Waals surface area contributed by atoms with Crippen LogP contribution in [0.5, 0.6) is 0 Å². The fourth-order valence-electron chi connectivity index (χ4n) is 3.25. The van der Waals surface area contributed by atoms with E-state index in [0.29, 0.717) is 23.8 Å². The summed E-state index contributed by atoms with van der Waals surface area (Å²) in [4.78, 5) is 0. The van der Waals surface area contributed by atoms with E-state index in [2.05, 4.69) is 26.1 Å². The highest BCUT2D eigenvalue weighted by Gasteiger charge is 2.45. The first kappa shape index (κ1) is 12.6. The topological polar surface area (TPSA) is 12.0 Å². The Morgan fingerprint density at radius 1 is 1.18 bits per heavy atom. The second-order valence-electron chi connectivity index (χ2n) is 5.25. The summed E-state index contributed by atoms with van der Waals surface area (Å²) in [6.07, 6.45) is 1.15. The van der Waals surface area contributed by atoms with Gasteiger partial charge in [-0.1, -0.05) is 39.0 Å². The molecule has 2 unspecified atom stereocenters. The molecular formula is C15H22FN. The molecule has 0 bridgehead atoms. The molecule has 1 saturated carbocycles. The van der Waals surface area contributed by atoms with Gasteiger partial charge in [0.25, 0.3) is 0 Å². The predicted octanol–water partition coefficient (Wildman–Crippen LogP) is 3.56. The van der Waals surface area contributed by atoms with Crippen molar-refractivity contribution in [2.24, 2.45) is 11.8 Å². The largest absolute Gasteiger partial charge is 0.313 e. The molecule has 0 aliphatic heterocycles. The first-order valence-corrected chi connectivity index (χ1v) is 6.64. The van der Waals surface area contributed by atoms with Crippen LogP contribution in [0.25, 0.3) is 0 Å². The second kappa shape index (κ2) is 5.18. The fraction of sp³-hybridized carbons (Fsp3) is 0.600. The van der Waals surface area contributed by atoms with Crippen molar-refractivity contribution >= 4 is 0 Å². The quantitative estimate of drug-likeness (QED) is 0.841. The van der Waals surface area contributed by atoms with Gasteiger partial charge in [0.05, 0.1) is 0 Å². The van der Waals surface area contributed by atoms with E-state index in [1.165, 1.54) is 0 Å². The minimum Gasteiger partial charge on any atom is -0.313 e. The van der Waals surface area contributed by atoms with Crippen LogP contribution in [0.3, 0.4) is 0 Å². The van der Waals surface area contributed by atoms with E-state index in [-0.39, 0.29) is 5.82 Å². The number of halogens is 1. The Morgan fingerprint density at radius 3 is 2.41 bits per heavy atom. The Morgan fingerprint density at radius 2 is 1.82 bits per heavy atom. The predicted molar refractivity (Wildman–Crippen MR) is 69.6 cm³/mol. The van der Waals surface area contributed by atoms with Crippen LogP contribution < -0.4 is 5.32 Å². The zero-order valence-corrected chi connectivity index (χ0v) is 10.9. The molecule has 0 amide bonds. The Hall–Kier alpha value is -0.890. The van der Waals surface area contributed by atoms with Crippen molar-refractivity contribution in [3.8, 4) is 0 Å². The van der Waals surface area contributed by atoms with Gasteiger partial charge in [0.2, 0.25) is 0 Å². The summed E-state index contributed by atoms with van der Waals surface area (Å²) < 4.78 is 13.8. The van der Waals surface area contributed by atoms with Gasteiger partial charge in [0.1, 0.15) is 5.82 Å². The number of nitrogens with one attached hydrogen (secondary N) is 1. The lowest BCUT2D eigenvalue weighted by atomic mass is 9.59. The van der Waals surface area contributed by atoms with E-state index in [4.69, 9.17) is 0 Å². The van der Waals surface area contributed by atoms with Gasteiger partial charge in [0.15, 0.2) is 0 Å². The van der Waals surface area contributed by atoms with E-state index in [0.717, 1.165) is 18.5 Å². The zero-order chi connectivity index (χ0) is 12.4. The monoisotopic (exact) mass is 235 g/mol. The van der Waals surface area contributed by atoms with Crippen LogP contribution >= 0.6 is 0 Å². The highest BCUT2D eigenvalue weighted by atomic mass is 19.1. The molecule has 0 aromatic heterocycles. The third-order valence-corrected chi connectivity index (χ3v) is 4.16. The summed E-state index contributed by atoms with van der Waals surface area (Å²) in [6.45, 7) is 7.69. The average molecular weight is 235 g/mol. The molecule has 17 heavy (non-hydrogen) atoms. The molecule has 0 spiro atoms. The standard InChI is InChI=1S/C15H22FN/c1-4-9-17-15-10(2)14(11(15)3)12-7-5-6-8-13(12)16/h5-8,10-11,14-15,17H,4,9H2,1-3H3. The molecule has 1 aromatic rings. The Bertz CT molecular complexity index is 367. The van der Waals surface area contributed by atoms with Crippen LogP contribution in [0, 0.1) is 17.7 Å². The normalized spacial score (nSPS) is 32.2. The lowest BCUT2D eigenvalue weighted by Gasteiger charge is -2.50. The van der Waals surface area contributed by atoms with Gasteiger partial charge < -0.3 is 5.32 Å². The van der Waals surface area contributed by atoms with E-state index in [9.17, 15) is 4.39 Å². The maximum Gasteiger partial charge on any atom is 0.126 e. The first-order valence-electron chi connectivity index (χ1n) is 6.64. The average Bonchev–Trinajstić information content (AvgIpc) is 2.33. The van der Waals surface area contributed by atoms with Crippen LogP contribution in [-0.2, 0) is 0 Å². The van der Waals surface area contributed by atoms with Crippen molar-refractivity contribution in [1.82, 2.24) is 5.32 Å². The molecule has 0 radical (unpaired) electrons. The van der Waals surface area contributed by atoms with Gasteiger partial charge in [-0.25, -0.2) is 4.39 Å². The van der Waals surface area contributed by atoms with Crippen LogP contribution in [0.1, 0.15) is 38.7 Å². The molecular weight excluding hydrogens is 213 g/mol. The van der Waals surface area contributed by atoms with E-state index < -0.39 is 0 Å². The van der Waals surface area contributed by atoms with E-state index in [1.54, 1.807) is 12.1 Å². The smallest absolute Gasteiger partial charge is 0.126 e. The van der Waals surface area contributed by atoms with E-state index in [1.807, 2.05) is 12.1 Å². The number of hydrogen-bond donors (Lipinski definition) is 1. The van der Waals surface area contributed by atoms with Gasteiger partial charge in [-0.3, -0.25) is 0 Å². The molecule has 2 heteroatoms. The van der Waals surface area contributed by atoms with Crippen molar-refractivity contribution in [1.29, 1.82) is 0 Å². The molecule has 1 N–H and O–H groups in total. The Kier molecular flexibility index (Phi) is 3.82. The molecule has 2 atom stereocenters. The highest BCUT2D eigenvalue weighted by Crippen LogP contribution is 2.47. The van der Waals surface area contributed by atoms with Crippen LogP contribution in [0.15, 0.2) is 24.3 Å². The summed E-state index contributed by atoms with van der Waals surface area (Å²) in [7, 11) is 0. The maximum atomic E-state index is 13.8. The molecule has 1 aliphatic rings. The number of benzene rings is 1.